The molecule has 0 spiro atoms. The standard InChI is InChI=1S/C18H25N7O/c1-13-10-16(25-8-4-3-5-9-25)24-18(23-13)20-7-6-19-17(26)15-12-21-14(2)11-22-15/h10-12H,3-9H2,1-2H3,(H,19,26)(H,20,23,24). The van der Waals surface area contributed by atoms with Crippen molar-refractivity contribution in [3.8, 4) is 0 Å². The predicted octanol–water partition coefficient (Wildman–Crippen LogP) is 1.72. The molecule has 2 aromatic rings. The Morgan fingerprint density at radius 3 is 2.58 bits per heavy atom. The lowest BCUT2D eigenvalue weighted by molar-refractivity contribution is 0.0949. The van der Waals surface area contributed by atoms with Gasteiger partial charge in [0.1, 0.15) is 11.5 Å². The van der Waals surface area contributed by atoms with Gasteiger partial charge in [-0.15, -0.1) is 0 Å². The monoisotopic (exact) mass is 355 g/mol. The van der Waals surface area contributed by atoms with Crippen LogP contribution in [0.4, 0.5) is 11.8 Å². The van der Waals surface area contributed by atoms with E-state index in [1.807, 2.05) is 19.9 Å². The lowest BCUT2D eigenvalue weighted by Crippen LogP contribution is -2.31. The first-order valence-corrected chi connectivity index (χ1v) is 9.03. The van der Waals surface area contributed by atoms with Crippen LogP contribution in [0.3, 0.4) is 0 Å². The number of anilines is 2. The van der Waals surface area contributed by atoms with Crippen LogP contribution in [0.1, 0.15) is 41.1 Å². The van der Waals surface area contributed by atoms with Gasteiger partial charge in [-0.3, -0.25) is 9.78 Å². The smallest absolute Gasteiger partial charge is 0.271 e. The number of hydrogen-bond acceptors (Lipinski definition) is 7. The van der Waals surface area contributed by atoms with Gasteiger partial charge in [0, 0.05) is 44.1 Å². The van der Waals surface area contributed by atoms with Crippen molar-refractivity contribution in [3.05, 3.63) is 35.5 Å². The highest BCUT2D eigenvalue weighted by atomic mass is 16.1. The molecule has 0 atom stereocenters. The Bertz CT molecular complexity index is 742. The number of piperidine rings is 1. The lowest BCUT2D eigenvalue weighted by Gasteiger charge is -2.28. The van der Waals surface area contributed by atoms with E-state index < -0.39 is 0 Å². The molecule has 0 aliphatic carbocycles. The zero-order chi connectivity index (χ0) is 18.4. The highest BCUT2D eigenvalue weighted by Gasteiger charge is 2.14. The van der Waals surface area contributed by atoms with Crippen molar-refractivity contribution in [3.63, 3.8) is 0 Å². The van der Waals surface area contributed by atoms with Crippen molar-refractivity contribution in [1.29, 1.82) is 0 Å². The third-order valence-electron chi connectivity index (χ3n) is 4.23. The molecule has 0 bridgehead atoms. The molecule has 0 aromatic carbocycles. The number of amides is 1. The number of nitrogens with zero attached hydrogens (tertiary/aromatic N) is 5. The summed E-state index contributed by atoms with van der Waals surface area (Å²) in [5.74, 6) is 1.33. The van der Waals surface area contributed by atoms with Gasteiger partial charge in [-0.1, -0.05) is 0 Å². The third-order valence-corrected chi connectivity index (χ3v) is 4.23. The Morgan fingerprint density at radius 2 is 1.85 bits per heavy atom. The Hall–Kier alpha value is -2.77. The molecule has 2 aromatic heterocycles. The summed E-state index contributed by atoms with van der Waals surface area (Å²) in [6, 6.07) is 2.02. The van der Waals surface area contributed by atoms with Gasteiger partial charge in [0.25, 0.3) is 5.91 Å². The Balaban J connectivity index is 1.50. The molecule has 1 amide bonds. The zero-order valence-corrected chi connectivity index (χ0v) is 15.3. The van der Waals surface area contributed by atoms with E-state index in [4.69, 9.17) is 0 Å². The minimum atomic E-state index is -0.238. The summed E-state index contributed by atoms with van der Waals surface area (Å²) < 4.78 is 0. The lowest BCUT2D eigenvalue weighted by atomic mass is 10.1. The van der Waals surface area contributed by atoms with Crippen molar-refractivity contribution < 1.29 is 4.79 Å². The fraction of sp³-hybridized carbons (Fsp3) is 0.500. The van der Waals surface area contributed by atoms with Crippen LogP contribution in [0.5, 0.6) is 0 Å². The van der Waals surface area contributed by atoms with Crippen molar-refractivity contribution >= 4 is 17.7 Å². The van der Waals surface area contributed by atoms with E-state index in [1.54, 1.807) is 6.20 Å². The molecule has 1 aliphatic rings. The van der Waals surface area contributed by atoms with E-state index in [2.05, 4.69) is 35.5 Å². The van der Waals surface area contributed by atoms with Crippen LogP contribution >= 0.6 is 0 Å². The van der Waals surface area contributed by atoms with E-state index >= 15 is 0 Å². The van der Waals surface area contributed by atoms with Gasteiger partial charge in [-0.2, -0.15) is 4.98 Å². The van der Waals surface area contributed by atoms with E-state index in [1.165, 1.54) is 25.5 Å². The molecule has 138 valence electrons. The van der Waals surface area contributed by atoms with Crippen LogP contribution in [0, 0.1) is 13.8 Å². The van der Waals surface area contributed by atoms with Gasteiger partial charge in [0.15, 0.2) is 0 Å². The average molecular weight is 355 g/mol. The fourth-order valence-corrected chi connectivity index (χ4v) is 2.87. The molecule has 0 saturated carbocycles. The summed E-state index contributed by atoms with van der Waals surface area (Å²) >= 11 is 0. The third kappa shape index (κ3) is 4.87. The molecule has 2 N–H and O–H groups in total. The highest BCUT2D eigenvalue weighted by molar-refractivity contribution is 5.91. The number of carbonyl (C=O) groups is 1. The average Bonchev–Trinajstić information content (AvgIpc) is 2.66. The Kier molecular flexibility index (Phi) is 5.93. The molecule has 3 heterocycles. The molecule has 1 aliphatic heterocycles. The van der Waals surface area contributed by atoms with Gasteiger partial charge in [0.05, 0.1) is 11.9 Å². The number of aryl methyl sites for hydroxylation is 2. The van der Waals surface area contributed by atoms with Gasteiger partial charge < -0.3 is 15.5 Å². The molecular formula is C18H25N7O. The fourth-order valence-electron chi connectivity index (χ4n) is 2.87. The van der Waals surface area contributed by atoms with E-state index in [-0.39, 0.29) is 5.91 Å². The van der Waals surface area contributed by atoms with E-state index in [9.17, 15) is 4.79 Å². The largest absolute Gasteiger partial charge is 0.356 e. The Morgan fingerprint density at radius 1 is 1.04 bits per heavy atom. The predicted molar refractivity (Wildman–Crippen MR) is 100 cm³/mol. The quantitative estimate of drug-likeness (QED) is 0.762. The normalized spacial score (nSPS) is 14.2. The molecule has 0 unspecified atom stereocenters. The van der Waals surface area contributed by atoms with Crippen molar-refractivity contribution in [1.82, 2.24) is 25.3 Å². The molecule has 1 saturated heterocycles. The molecule has 0 radical (unpaired) electrons. The van der Waals surface area contributed by atoms with E-state index in [0.717, 1.165) is 30.3 Å². The number of rotatable bonds is 6. The van der Waals surface area contributed by atoms with Crippen LogP contribution in [0.25, 0.3) is 0 Å². The highest BCUT2D eigenvalue weighted by Crippen LogP contribution is 2.19. The van der Waals surface area contributed by atoms with E-state index in [0.29, 0.717) is 24.7 Å². The van der Waals surface area contributed by atoms with Crippen LogP contribution in [0.2, 0.25) is 0 Å². The number of carbonyl (C=O) groups excluding carboxylic acids is 1. The summed E-state index contributed by atoms with van der Waals surface area (Å²) in [4.78, 5) is 31.5. The van der Waals surface area contributed by atoms with Crippen molar-refractivity contribution in [2.45, 2.75) is 33.1 Å². The second kappa shape index (κ2) is 8.55. The van der Waals surface area contributed by atoms with Crippen LogP contribution in [-0.2, 0) is 0 Å². The minimum absolute atomic E-state index is 0.238. The maximum atomic E-state index is 12.0. The maximum absolute atomic E-state index is 12.0. The molecule has 3 rings (SSSR count). The molecular weight excluding hydrogens is 330 g/mol. The second-order valence-electron chi connectivity index (χ2n) is 6.46. The second-order valence-corrected chi connectivity index (χ2v) is 6.46. The summed E-state index contributed by atoms with van der Waals surface area (Å²) in [6.45, 7) is 6.88. The van der Waals surface area contributed by atoms with Gasteiger partial charge in [0.2, 0.25) is 5.95 Å². The molecule has 1 fully saturated rings. The first-order valence-electron chi connectivity index (χ1n) is 9.03. The topological polar surface area (TPSA) is 95.9 Å². The summed E-state index contributed by atoms with van der Waals surface area (Å²) in [5, 5.41) is 5.99. The van der Waals surface area contributed by atoms with Gasteiger partial charge in [-0.05, 0) is 33.1 Å². The SMILES string of the molecule is Cc1cnc(C(=O)NCCNc2nc(C)cc(N3CCCCC3)n2)cn1. The van der Waals surface area contributed by atoms with Gasteiger partial charge in [-0.25, -0.2) is 9.97 Å². The molecule has 8 heteroatoms. The zero-order valence-electron chi connectivity index (χ0n) is 15.3. The maximum Gasteiger partial charge on any atom is 0.271 e. The van der Waals surface area contributed by atoms with Crippen LogP contribution in [0.15, 0.2) is 18.5 Å². The summed E-state index contributed by atoms with van der Waals surface area (Å²) in [7, 11) is 0. The van der Waals surface area contributed by atoms with Gasteiger partial charge >= 0.3 is 0 Å². The first kappa shape index (κ1) is 18.0. The first-order chi connectivity index (χ1) is 12.6. The summed E-state index contributed by atoms with van der Waals surface area (Å²) in [6.07, 6.45) is 6.76. The van der Waals surface area contributed by atoms with Crippen LogP contribution in [-0.4, -0.2) is 52.0 Å². The summed E-state index contributed by atoms with van der Waals surface area (Å²) in [5.41, 5.74) is 2.03. The Labute approximate surface area is 153 Å². The van der Waals surface area contributed by atoms with Crippen molar-refractivity contribution in [2.75, 3.05) is 36.4 Å². The van der Waals surface area contributed by atoms with Crippen molar-refractivity contribution in [2.24, 2.45) is 0 Å². The molecule has 8 nitrogen and oxygen atoms in total. The molecule has 26 heavy (non-hydrogen) atoms. The number of nitrogens with one attached hydrogen (secondary N) is 2. The number of aromatic nitrogens is 4. The number of hydrogen-bond donors (Lipinski definition) is 2. The van der Waals surface area contributed by atoms with Crippen LogP contribution < -0.4 is 15.5 Å². The minimum Gasteiger partial charge on any atom is -0.356 e.